The second kappa shape index (κ2) is 10.2. The molecule has 185 valence electrons. The van der Waals surface area contributed by atoms with Gasteiger partial charge in [0.05, 0.1) is 12.2 Å². The Bertz CT molecular complexity index is 1090. The maximum absolute atomic E-state index is 10.2. The molecule has 0 spiro atoms. The zero-order valence-electron chi connectivity index (χ0n) is 21.2. The molecule has 34 heavy (non-hydrogen) atoms. The summed E-state index contributed by atoms with van der Waals surface area (Å²) in [5.74, 6) is 1.18. The minimum Gasteiger partial charge on any atom is -0.392 e. The van der Waals surface area contributed by atoms with E-state index in [1.807, 2.05) is 30.5 Å². The van der Waals surface area contributed by atoms with Crippen LogP contribution in [0, 0.1) is 28.7 Å². The summed E-state index contributed by atoms with van der Waals surface area (Å²) in [4.78, 5) is 4.55. The zero-order valence-corrected chi connectivity index (χ0v) is 23.6. The molecule has 0 amide bonds. The summed E-state index contributed by atoms with van der Waals surface area (Å²) in [5, 5.41) is 22.8. The van der Waals surface area contributed by atoms with Gasteiger partial charge in [0.25, 0.3) is 0 Å². The van der Waals surface area contributed by atoms with E-state index in [4.69, 9.17) is 0 Å². The van der Waals surface area contributed by atoms with Crippen LogP contribution in [-0.4, -0.2) is 27.4 Å². The molecule has 1 heterocycles. The van der Waals surface area contributed by atoms with Crippen LogP contribution in [0.15, 0.2) is 54.7 Å². The first kappa shape index (κ1) is 27.0. The van der Waals surface area contributed by atoms with E-state index in [0.717, 1.165) is 24.1 Å². The van der Waals surface area contributed by atoms with Gasteiger partial charge in [-0.3, -0.25) is 0 Å². The molecule has 1 aromatic heterocycles. The van der Waals surface area contributed by atoms with Crippen LogP contribution in [0.4, 0.5) is 0 Å². The van der Waals surface area contributed by atoms with E-state index in [1.165, 1.54) is 16.3 Å². The SMILES string of the molecule is CC(C)c1ccc2cc(-c3[c-]cccc3)ncc2c1.CC1(C)CC2CC(C)(C)C(O)C2C1O.[Ir]. The fourth-order valence-corrected chi connectivity index (χ4v) is 5.89. The molecule has 2 atom stereocenters. The fraction of sp³-hybridized carbons (Fsp3) is 0.500. The summed E-state index contributed by atoms with van der Waals surface area (Å²) in [7, 11) is 0. The number of aromatic nitrogens is 1. The second-order valence-electron chi connectivity index (χ2n) is 11.7. The molecule has 5 rings (SSSR count). The Morgan fingerprint density at radius 2 is 1.56 bits per heavy atom. The van der Waals surface area contributed by atoms with Crippen LogP contribution in [0.2, 0.25) is 0 Å². The summed E-state index contributed by atoms with van der Waals surface area (Å²) in [6.45, 7) is 12.8. The molecular formula is C30H38IrNO2-. The van der Waals surface area contributed by atoms with Crippen LogP contribution in [0.1, 0.15) is 65.9 Å². The van der Waals surface area contributed by atoms with Crippen molar-refractivity contribution in [3.8, 4) is 11.3 Å². The average molecular weight is 637 g/mol. The van der Waals surface area contributed by atoms with Gasteiger partial charge < -0.3 is 15.2 Å². The molecule has 0 aliphatic heterocycles. The molecule has 2 N–H and O–H groups in total. The molecule has 1 radical (unpaired) electrons. The number of nitrogens with zero attached hydrogens (tertiary/aromatic N) is 1. The number of hydrogen-bond acceptors (Lipinski definition) is 3. The predicted octanol–water partition coefficient (Wildman–Crippen LogP) is 6.62. The second-order valence-corrected chi connectivity index (χ2v) is 11.7. The summed E-state index contributed by atoms with van der Waals surface area (Å²) in [6.07, 6.45) is 3.41. The van der Waals surface area contributed by atoms with E-state index >= 15 is 0 Å². The first-order valence-electron chi connectivity index (χ1n) is 12.2. The number of benzene rings is 2. The molecule has 3 nitrogen and oxygen atoms in total. The third kappa shape index (κ3) is 5.31. The number of rotatable bonds is 2. The monoisotopic (exact) mass is 637 g/mol. The Hall–Kier alpha value is -1.58. The summed E-state index contributed by atoms with van der Waals surface area (Å²) in [6, 6.07) is 19.9. The van der Waals surface area contributed by atoms with Crippen LogP contribution < -0.4 is 0 Å². The van der Waals surface area contributed by atoms with Crippen molar-refractivity contribution in [2.45, 2.75) is 72.5 Å². The Morgan fingerprint density at radius 3 is 2.09 bits per heavy atom. The summed E-state index contributed by atoms with van der Waals surface area (Å²) >= 11 is 0. The molecule has 2 fully saturated rings. The maximum Gasteiger partial charge on any atom is 0.0646 e. The van der Waals surface area contributed by atoms with E-state index in [-0.39, 0.29) is 49.1 Å². The van der Waals surface area contributed by atoms with Gasteiger partial charge >= 0.3 is 0 Å². The van der Waals surface area contributed by atoms with E-state index < -0.39 is 0 Å². The van der Waals surface area contributed by atoms with E-state index in [0.29, 0.717) is 11.8 Å². The zero-order chi connectivity index (χ0) is 24.0. The Labute approximate surface area is 218 Å². The molecule has 2 aromatic carbocycles. The topological polar surface area (TPSA) is 53.4 Å². The Kier molecular flexibility index (Phi) is 8.09. The molecule has 0 saturated heterocycles. The van der Waals surface area contributed by atoms with Crippen LogP contribution >= 0.6 is 0 Å². The molecule has 2 aliphatic rings. The quantitative estimate of drug-likeness (QED) is 0.311. The van der Waals surface area contributed by atoms with Gasteiger partial charge in [0, 0.05) is 32.2 Å². The minimum absolute atomic E-state index is 0. The van der Waals surface area contributed by atoms with Gasteiger partial charge in [0.1, 0.15) is 0 Å². The molecular weight excluding hydrogens is 599 g/mol. The Balaban J connectivity index is 0.000000193. The normalized spacial score (nSPS) is 26.5. The van der Waals surface area contributed by atoms with Gasteiger partial charge in [0.2, 0.25) is 0 Å². The van der Waals surface area contributed by atoms with Crippen molar-refractivity contribution in [2.24, 2.45) is 22.7 Å². The van der Waals surface area contributed by atoms with Crippen molar-refractivity contribution in [3.63, 3.8) is 0 Å². The fourth-order valence-electron chi connectivity index (χ4n) is 5.89. The van der Waals surface area contributed by atoms with Crippen molar-refractivity contribution in [1.29, 1.82) is 0 Å². The van der Waals surface area contributed by atoms with E-state index in [1.54, 1.807) is 0 Å². The van der Waals surface area contributed by atoms with Crippen molar-refractivity contribution in [1.82, 2.24) is 4.98 Å². The van der Waals surface area contributed by atoms with Crippen LogP contribution in [0.5, 0.6) is 0 Å². The van der Waals surface area contributed by atoms with Gasteiger partial charge in [-0.2, -0.15) is 0 Å². The standard InChI is InChI=1S/C18H16N.C12H22O2.Ir/c1-13(2)15-8-9-16-11-18(19-12-17(16)10-15)14-6-4-3-5-7-14;1-11(2)5-7-6-12(3,4)10(14)8(7)9(11)13;/h3-6,8-13H,1-2H3;7-10,13-14H,5-6H2,1-4H3;/q-1;;. The molecule has 2 unspecified atom stereocenters. The molecule has 2 aliphatic carbocycles. The number of aliphatic hydroxyl groups is 2. The number of aliphatic hydroxyl groups excluding tert-OH is 2. The number of hydrogen-bond donors (Lipinski definition) is 2. The van der Waals surface area contributed by atoms with Crippen molar-refractivity contribution >= 4 is 10.8 Å². The maximum atomic E-state index is 10.2. The van der Waals surface area contributed by atoms with Gasteiger partial charge in [-0.05, 0) is 63.6 Å². The van der Waals surface area contributed by atoms with Gasteiger partial charge in [-0.1, -0.05) is 59.7 Å². The smallest absolute Gasteiger partial charge is 0.0646 e. The summed E-state index contributed by atoms with van der Waals surface area (Å²) < 4.78 is 0. The van der Waals surface area contributed by atoms with Gasteiger partial charge in [-0.25, -0.2) is 0 Å². The van der Waals surface area contributed by atoms with Gasteiger partial charge in [-0.15, -0.1) is 35.9 Å². The van der Waals surface area contributed by atoms with Crippen LogP contribution in [0.25, 0.3) is 22.0 Å². The van der Waals surface area contributed by atoms with Crippen LogP contribution in [0.3, 0.4) is 0 Å². The van der Waals surface area contributed by atoms with E-state index in [2.05, 4.69) is 76.9 Å². The third-order valence-corrected chi connectivity index (χ3v) is 7.85. The largest absolute Gasteiger partial charge is 0.392 e. The van der Waals surface area contributed by atoms with Crippen molar-refractivity contribution < 1.29 is 30.3 Å². The van der Waals surface area contributed by atoms with Crippen molar-refractivity contribution in [2.75, 3.05) is 0 Å². The predicted molar refractivity (Wildman–Crippen MR) is 136 cm³/mol. The molecule has 2 saturated carbocycles. The third-order valence-electron chi connectivity index (χ3n) is 7.85. The minimum atomic E-state index is -0.329. The van der Waals surface area contributed by atoms with Gasteiger partial charge in [0.15, 0.2) is 0 Å². The van der Waals surface area contributed by atoms with E-state index in [9.17, 15) is 10.2 Å². The average Bonchev–Trinajstić information content (AvgIpc) is 3.13. The number of pyridine rings is 1. The number of fused-ring (bicyclic) bond motifs is 2. The first-order chi connectivity index (χ1) is 15.5. The molecule has 3 aromatic rings. The Morgan fingerprint density at radius 1 is 0.912 bits per heavy atom. The molecule has 4 heteroatoms. The van der Waals surface area contributed by atoms with Crippen molar-refractivity contribution in [3.05, 3.63) is 66.4 Å². The first-order valence-corrected chi connectivity index (χ1v) is 12.2. The molecule has 0 bridgehead atoms. The van der Waals surface area contributed by atoms with Crippen LogP contribution in [-0.2, 0) is 20.1 Å². The summed E-state index contributed by atoms with van der Waals surface area (Å²) in [5.41, 5.74) is 3.36.